The van der Waals surface area contributed by atoms with Gasteiger partial charge in [-0.25, -0.2) is 18.0 Å². The van der Waals surface area contributed by atoms with Crippen LogP contribution in [0, 0.1) is 17.5 Å². The van der Waals surface area contributed by atoms with E-state index in [4.69, 9.17) is 0 Å². The molecule has 160 valence electrons. The molecule has 0 aromatic heterocycles. The van der Waals surface area contributed by atoms with E-state index < -0.39 is 69.4 Å². The molecule has 2 aromatic rings. The maximum atomic E-state index is 14.3. The van der Waals surface area contributed by atoms with E-state index in [9.17, 15) is 35.9 Å². The van der Waals surface area contributed by atoms with Gasteiger partial charge in [0.1, 0.15) is 5.82 Å². The number of nitrogens with zero attached hydrogens (tertiary/aromatic N) is 2. The Morgan fingerprint density at radius 2 is 1.77 bits per heavy atom. The highest BCUT2D eigenvalue weighted by Gasteiger charge is 2.31. The van der Waals surface area contributed by atoms with Crippen molar-refractivity contribution in [2.24, 2.45) is 0 Å². The second-order valence-corrected chi connectivity index (χ2v) is 6.95. The average molecular weight is 448 g/mol. The van der Waals surface area contributed by atoms with Crippen LogP contribution in [0.25, 0.3) is 0 Å². The molecule has 0 saturated heterocycles. The van der Waals surface area contributed by atoms with Crippen molar-refractivity contribution in [3.8, 4) is 0 Å². The maximum absolute atomic E-state index is 14.3. The number of thioether (sulfide) groups is 1. The minimum atomic E-state index is -4.63. The molecular weight excluding hydrogens is 434 g/mol. The van der Waals surface area contributed by atoms with Gasteiger partial charge in [-0.2, -0.15) is 13.2 Å². The minimum absolute atomic E-state index is 0.415. The predicted molar refractivity (Wildman–Crippen MR) is 99.7 cm³/mol. The quantitative estimate of drug-likeness (QED) is 0.340. The molecule has 0 fully saturated rings. The molecule has 0 radical (unpaired) electrons. The molecule has 30 heavy (non-hydrogen) atoms. The highest BCUT2D eigenvalue weighted by atomic mass is 32.2. The fourth-order valence-electron chi connectivity index (χ4n) is 2.43. The van der Waals surface area contributed by atoms with Crippen LogP contribution in [-0.4, -0.2) is 35.9 Å². The van der Waals surface area contributed by atoms with Gasteiger partial charge in [0.15, 0.2) is 11.6 Å². The van der Waals surface area contributed by atoms with Crippen molar-refractivity contribution in [1.82, 2.24) is 4.90 Å². The number of alkyl halides is 3. The molecule has 0 bridgehead atoms. The molecular formula is C19H14F6N2O2S. The predicted octanol–water partition coefficient (Wildman–Crippen LogP) is 5.60. The molecule has 0 atom stereocenters. The number of carbonyl (C=O) groups excluding carboxylic acids is 2. The molecule has 0 saturated carbocycles. The highest BCUT2D eigenvalue weighted by molar-refractivity contribution is 8.00. The molecule has 2 aromatic carbocycles. The van der Waals surface area contributed by atoms with Crippen LogP contribution in [0.3, 0.4) is 0 Å². The van der Waals surface area contributed by atoms with Crippen LogP contribution in [0.4, 0.5) is 36.8 Å². The monoisotopic (exact) mass is 448 g/mol. The molecule has 0 aliphatic rings. The molecule has 0 N–H and O–H groups in total. The lowest BCUT2D eigenvalue weighted by Crippen LogP contribution is -2.45. The van der Waals surface area contributed by atoms with Crippen LogP contribution >= 0.6 is 11.8 Å². The second kappa shape index (κ2) is 9.24. The zero-order valence-electron chi connectivity index (χ0n) is 15.3. The summed E-state index contributed by atoms with van der Waals surface area (Å²) < 4.78 is 79.0. The van der Waals surface area contributed by atoms with Crippen LogP contribution in [0.1, 0.15) is 10.4 Å². The summed E-state index contributed by atoms with van der Waals surface area (Å²) in [4.78, 5) is 26.0. The van der Waals surface area contributed by atoms with Crippen molar-refractivity contribution in [2.45, 2.75) is 10.4 Å². The van der Waals surface area contributed by atoms with Crippen molar-refractivity contribution in [3.63, 3.8) is 0 Å². The van der Waals surface area contributed by atoms with Crippen molar-refractivity contribution >= 4 is 29.4 Å². The van der Waals surface area contributed by atoms with Crippen molar-refractivity contribution in [2.75, 3.05) is 18.5 Å². The summed E-state index contributed by atoms with van der Waals surface area (Å²) >= 11 is -0.535. The number of anilines is 1. The Balaban J connectivity index is 2.34. The first-order chi connectivity index (χ1) is 14.0. The molecule has 4 nitrogen and oxygen atoms in total. The van der Waals surface area contributed by atoms with Gasteiger partial charge in [0.05, 0.1) is 11.3 Å². The van der Waals surface area contributed by atoms with E-state index in [1.807, 2.05) is 0 Å². The standard InChI is InChI=1S/C19H14F6N2O2S/c1-3-9-27(17(28)12-5-4-6-13(20)16(12)22)18(29)26(2)15-8-7-11(10-14(15)21)30-19(23,24)25/h3-8,10H,1,9H2,2H3. The zero-order chi connectivity index (χ0) is 22.6. The van der Waals surface area contributed by atoms with E-state index in [0.29, 0.717) is 15.9 Å². The Hall–Kier alpha value is -2.95. The first-order valence-corrected chi connectivity index (χ1v) is 8.97. The Morgan fingerprint density at radius 3 is 2.33 bits per heavy atom. The summed E-state index contributed by atoms with van der Waals surface area (Å²) in [7, 11) is 1.07. The molecule has 0 heterocycles. The molecule has 0 aliphatic carbocycles. The van der Waals surface area contributed by atoms with Crippen LogP contribution in [0.2, 0.25) is 0 Å². The van der Waals surface area contributed by atoms with Gasteiger partial charge in [-0.3, -0.25) is 14.6 Å². The number of hydrogen-bond donors (Lipinski definition) is 0. The van der Waals surface area contributed by atoms with Gasteiger partial charge in [-0.15, -0.1) is 6.58 Å². The topological polar surface area (TPSA) is 40.6 Å². The lowest BCUT2D eigenvalue weighted by Gasteiger charge is -2.26. The molecule has 11 heteroatoms. The number of benzene rings is 2. The number of hydrogen-bond acceptors (Lipinski definition) is 3. The van der Waals surface area contributed by atoms with E-state index >= 15 is 0 Å². The third-order valence-corrected chi connectivity index (χ3v) is 4.49. The Morgan fingerprint density at radius 1 is 1.10 bits per heavy atom. The number of rotatable bonds is 5. The molecule has 0 aliphatic heterocycles. The summed E-state index contributed by atoms with van der Waals surface area (Å²) in [6.07, 6.45) is 1.14. The van der Waals surface area contributed by atoms with Gasteiger partial charge in [0.25, 0.3) is 5.91 Å². The minimum Gasteiger partial charge on any atom is -0.294 e. The van der Waals surface area contributed by atoms with E-state index in [1.165, 1.54) is 0 Å². The normalized spacial score (nSPS) is 11.2. The van der Waals surface area contributed by atoms with E-state index in [2.05, 4.69) is 6.58 Å². The molecule has 2 rings (SSSR count). The maximum Gasteiger partial charge on any atom is 0.446 e. The van der Waals surface area contributed by atoms with E-state index in [-0.39, 0.29) is 0 Å². The van der Waals surface area contributed by atoms with Gasteiger partial charge in [-0.1, -0.05) is 12.1 Å². The summed E-state index contributed by atoms with van der Waals surface area (Å²) in [6.45, 7) is 2.96. The number of amides is 3. The number of halogens is 6. The first kappa shape index (κ1) is 23.3. The van der Waals surface area contributed by atoms with E-state index in [0.717, 1.165) is 43.5 Å². The number of imide groups is 1. The third-order valence-electron chi connectivity index (χ3n) is 3.77. The van der Waals surface area contributed by atoms with Gasteiger partial charge < -0.3 is 0 Å². The van der Waals surface area contributed by atoms with Crippen LogP contribution < -0.4 is 4.90 Å². The van der Waals surface area contributed by atoms with Crippen molar-refractivity contribution in [1.29, 1.82) is 0 Å². The Bertz CT molecular complexity index is 980. The summed E-state index contributed by atoms with van der Waals surface area (Å²) in [5.74, 6) is -5.12. The Labute approximate surface area is 171 Å². The summed E-state index contributed by atoms with van der Waals surface area (Å²) in [5.41, 5.74) is -5.78. The lowest BCUT2D eigenvalue weighted by atomic mass is 10.1. The largest absolute Gasteiger partial charge is 0.446 e. The van der Waals surface area contributed by atoms with Gasteiger partial charge in [0.2, 0.25) is 0 Å². The fourth-order valence-corrected chi connectivity index (χ4v) is 3.00. The number of urea groups is 1. The second-order valence-electron chi connectivity index (χ2n) is 5.81. The van der Waals surface area contributed by atoms with Crippen molar-refractivity contribution in [3.05, 3.63) is 72.1 Å². The summed E-state index contributed by atoms with van der Waals surface area (Å²) in [6, 6.07) is 4.17. The first-order valence-electron chi connectivity index (χ1n) is 8.16. The van der Waals surface area contributed by atoms with Gasteiger partial charge >= 0.3 is 11.5 Å². The smallest absolute Gasteiger partial charge is 0.294 e. The summed E-state index contributed by atoms with van der Waals surface area (Å²) in [5, 5.41) is 0. The lowest BCUT2D eigenvalue weighted by molar-refractivity contribution is -0.0328. The zero-order valence-corrected chi connectivity index (χ0v) is 16.2. The van der Waals surface area contributed by atoms with Crippen LogP contribution in [-0.2, 0) is 0 Å². The molecule has 3 amide bonds. The molecule has 0 spiro atoms. The SMILES string of the molecule is C=CCN(C(=O)c1cccc(F)c1F)C(=O)N(C)c1ccc(SC(F)(F)F)cc1F. The van der Waals surface area contributed by atoms with Gasteiger partial charge in [-0.05, 0) is 42.1 Å². The highest BCUT2D eigenvalue weighted by Crippen LogP contribution is 2.38. The fraction of sp³-hybridized carbons (Fsp3) is 0.158. The third kappa shape index (κ3) is 5.35. The van der Waals surface area contributed by atoms with Crippen LogP contribution in [0.5, 0.6) is 0 Å². The molecule has 0 unspecified atom stereocenters. The number of carbonyl (C=O) groups is 2. The Kier molecular flexibility index (Phi) is 7.19. The van der Waals surface area contributed by atoms with Crippen molar-refractivity contribution < 1.29 is 35.9 Å². The van der Waals surface area contributed by atoms with Crippen LogP contribution in [0.15, 0.2) is 53.9 Å². The average Bonchev–Trinajstić information content (AvgIpc) is 2.65. The van der Waals surface area contributed by atoms with E-state index in [1.54, 1.807) is 0 Å². The van der Waals surface area contributed by atoms with Gasteiger partial charge in [0, 0.05) is 18.5 Å².